The second-order valence-electron chi connectivity index (χ2n) is 6.07. The Morgan fingerprint density at radius 3 is 3.04 bits per heavy atom. The summed E-state index contributed by atoms with van der Waals surface area (Å²) < 4.78 is 0.932. The van der Waals surface area contributed by atoms with Crippen molar-refractivity contribution in [2.45, 2.75) is 18.8 Å². The Hall–Kier alpha value is -2.35. The van der Waals surface area contributed by atoms with Crippen LogP contribution in [-0.2, 0) is 0 Å². The number of nitrogens with one attached hydrogen (secondary N) is 1. The van der Waals surface area contributed by atoms with E-state index in [1.54, 1.807) is 0 Å². The number of piperidine rings is 1. The number of rotatable bonds is 1. The first-order chi connectivity index (χ1) is 11.5. The Balaban J connectivity index is 1.82. The Kier molecular flexibility index (Phi) is 3.56. The van der Waals surface area contributed by atoms with Crippen molar-refractivity contribution in [2.24, 2.45) is 0 Å². The van der Waals surface area contributed by atoms with Gasteiger partial charge in [0, 0.05) is 28.9 Å². The van der Waals surface area contributed by atoms with E-state index in [9.17, 15) is 9.90 Å². The molecule has 1 aromatic carbocycles. The molecule has 7 nitrogen and oxygen atoms in total. The van der Waals surface area contributed by atoms with Crippen LogP contribution in [0.2, 0.25) is 0 Å². The van der Waals surface area contributed by atoms with Gasteiger partial charge in [0.25, 0.3) is 0 Å². The fraction of sp³-hybridized carbons (Fsp3) is 0.312. The highest BCUT2D eigenvalue weighted by atomic mass is 79.9. The van der Waals surface area contributed by atoms with E-state index in [1.807, 2.05) is 18.2 Å². The number of aromatic amines is 1. The van der Waals surface area contributed by atoms with Crippen LogP contribution in [0.4, 0.5) is 10.6 Å². The smallest absolute Gasteiger partial charge is 0.407 e. The average molecular weight is 390 g/mol. The van der Waals surface area contributed by atoms with Crippen molar-refractivity contribution in [1.82, 2.24) is 19.9 Å². The van der Waals surface area contributed by atoms with Gasteiger partial charge in [-0.15, -0.1) is 0 Å². The number of carbonyl (C=O) groups is 1. The monoisotopic (exact) mass is 389 g/mol. The number of amides is 1. The predicted octanol–water partition coefficient (Wildman–Crippen LogP) is 3.31. The fourth-order valence-corrected chi connectivity index (χ4v) is 3.67. The number of aromatic nitrogens is 3. The minimum absolute atomic E-state index is 0.0483. The maximum Gasteiger partial charge on any atom is 0.407 e. The molecule has 1 fully saturated rings. The third kappa shape index (κ3) is 2.47. The molecule has 0 bridgehead atoms. The molecule has 3 aromatic rings. The number of fused-ring (bicyclic) bond motifs is 3. The molecule has 4 rings (SSSR count). The van der Waals surface area contributed by atoms with Crippen LogP contribution in [0.5, 0.6) is 0 Å². The molecule has 1 atom stereocenters. The molecule has 0 unspecified atom stereocenters. The number of benzene rings is 1. The maximum atomic E-state index is 11.2. The first-order valence-electron chi connectivity index (χ1n) is 7.75. The van der Waals surface area contributed by atoms with Crippen molar-refractivity contribution >= 4 is 49.8 Å². The molecule has 24 heavy (non-hydrogen) atoms. The average Bonchev–Trinajstić information content (AvgIpc) is 3.01. The largest absolute Gasteiger partial charge is 0.465 e. The van der Waals surface area contributed by atoms with Gasteiger partial charge in [-0.1, -0.05) is 15.9 Å². The second kappa shape index (κ2) is 5.62. The zero-order valence-corrected chi connectivity index (χ0v) is 14.4. The molecule has 1 saturated heterocycles. The lowest BCUT2D eigenvalue weighted by molar-refractivity contribution is 0.129. The number of hydrogen-bond acceptors (Lipinski definition) is 4. The molecular weight excluding hydrogens is 374 g/mol. The number of pyridine rings is 1. The second-order valence-corrected chi connectivity index (χ2v) is 6.99. The fourth-order valence-electron chi connectivity index (χ4n) is 3.32. The summed E-state index contributed by atoms with van der Waals surface area (Å²) in [5, 5.41) is 10.1. The number of H-pyrrole nitrogens is 1. The molecule has 1 aliphatic rings. The summed E-state index contributed by atoms with van der Waals surface area (Å²) in [5.74, 6) is 1.23. The third-order valence-electron chi connectivity index (χ3n) is 4.51. The number of hydrogen-bond donors (Lipinski definition) is 3. The van der Waals surface area contributed by atoms with Crippen molar-refractivity contribution < 1.29 is 9.90 Å². The number of anilines is 1. The maximum absolute atomic E-state index is 11.2. The minimum Gasteiger partial charge on any atom is -0.465 e. The van der Waals surface area contributed by atoms with E-state index in [0.717, 1.165) is 39.6 Å². The predicted molar refractivity (Wildman–Crippen MR) is 95.1 cm³/mol. The van der Waals surface area contributed by atoms with Gasteiger partial charge in [-0.05, 0) is 31.0 Å². The number of carboxylic acid groups (broad SMARTS) is 1. The standard InChI is InChI=1S/C16H16BrN5O2/c17-9-3-4-10-11(6-9)19-14(18)13-12(10)20-15(21-13)8-2-1-5-22(7-8)16(23)24/h3-4,6,8H,1-2,5,7H2,(H2,18,19)(H,20,21)(H,23,24)/t8-/m1/s1. The van der Waals surface area contributed by atoms with E-state index in [-0.39, 0.29) is 5.92 Å². The SMILES string of the molecule is Nc1nc2cc(Br)ccc2c2nc([C@@H]3CCCN(C(=O)O)C3)[nH]c12. The summed E-state index contributed by atoms with van der Waals surface area (Å²) in [5.41, 5.74) is 8.37. The summed E-state index contributed by atoms with van der Waals surface area (Å²) in [7, 11) is 0. The zero-order valence-electron chi connectivity index (χ0n) is 12.8. The Bertz CT molecular complexity index is 954. The number of imidazole rings is 1. The highest BCUT2D eigenvalue weighted by Gasteiger charge is 2.27. The van der Waals surface area contributed by atoms with E-state index >= 15 is 0 Å². The van der Waals surface area contributed by atoms with Gasteiger partial charge in [0.2, 0.25) is 0 Å². The van der Waals surface area contributed by atoms with Gasteiger partial charge in [0.1, 0.15) is 22.7 Å². The summed E-state index contributed by atoms with van der Waals surface area (Å²) in [4.78, 5) is 25.1. The molecule has 1 amide bonds. The van der Waals surface area contributed by atoms with E-state index in [2.05, 4.69) is 25.9 Å². The van der Waals surface area contributed by atoms with Crippen LogP contribution >= 0.6 is 15.9 Å². The van der Waals surface area contributed by atoms with Gasteiger partial charge < -0.3 is 20.7 Å². The van der Waals surface area contributed by atoms with Crippen LogP contribution in [0.15, 0.2) is 22.7 Å². The molecule has 2 aromatic heterocycles. The number of nitrogens with zero attached hydrogens (tertiary/aromatic N) is 3. The molecule has 0 radical (unpaired) electrons. The molecule has 0 saturated carbocycles. The summed E-state index contributed by atoms with van der Waals surface area (Å²) in [6, 6.07) is 5.82. The molecular formula is C16H16BrN5O2. The first-order valence-corrected chi connectivity index (χ1v) is 8.54. The molecule has 8 heteroatoms. The topological polar surface area (TPSA) is 108 Å². The lowest BCUT2D eigenvalue weighted by Gasteiger charge is -2.29. The number of likely N-dealkylation sites (tertiary alicyclic amines) is 1. The first kappa shape index (κ1) is 15.2. The van der Waals surface area contributed by atoms with Gasteiger partial charge in [-0.2, -0.15) is 0 Å². The molecule has 4 N–H and O–H groups in total. The highest BCUT2D eigenvalue weighted by Crippen LogP contribution is 2.32. The van der Waals surface area contributed by atoms with E-state index in [0.29, 0.717) is 24.4 Å². The molecule has 124 valence electrons. The number of halogens is 1. The normalized spacial score (nSPS) is 18.4. The van der Waals surface area contributed by atoms with E-state index < -0.39 is 6.09 Å². The zero-order chi connectivity index (χ0) is 16.8. The molecule has 1 aliphatic heterocycles. The van der Waals surface area contributed by atoms with Crippen molar-refractivity contribution in [1.29, 1.82) is 0 Å². The van der Waals surface area contributed by atoms with Gasteiger partial charge >= 0.3 is 6.09 Å². The van der Waals surface area contributed by atoms with Crippen LogP contribution in [0.1, 0.15) is 24.6 Å². The van der Waals surface area contributed by atoms with Crippen LogP contribution < -0.4 is 5.73 Å². The number of nitrogen functional groups attached to an aromatic ring is 1. The van der Waals surface area contributed by atoms with Crippen molar-refractivity contribution in [2.75, 3.05) is 18.8 Å². The van der Waals surface area contributed by atoms with Gasteiger partial charge in [0.05, 0.1) is 5.52 Å². The van der Waals surface area contributed by atoms with Crippen molar-refractivity contribution in [3.05, 3.63) is 28.5 Å². The van der Waals surface area contributed by atoms with E-state index in [1.165, 1.54) is 4.90 Å². The molecule has 0 spiro atoms. The molecule has 0 aliphatic carbocycles. The Morgan fingerprint density at radius 2 is 2.25 bits per heavy atom. The Morgan fingerprint density at radius 1 is 1.42 bits per heavy atom. The lowest BCUT2D eigenvalue weighted by Crippen LogP contribution is -2.38. The minimum atomic E-state index is -0.882. The highest BCUT2D eigenvalue weighted by molar-refractivity contribution is 9.10. The van der Waals surface area contributed by atoms with Crippen LogP contribution in [0.3, 0.4) is 0 Å². The summed E-state index contributed by atoms with van der Waals surface area (Å²) in [6.45, 7) is 1.03. The summed E-state index contributed by atoms with van der Waals surface area (Å²) >= 11 is 3.44. The van der Waals surface area contributed by atoms with Crippen LogP contribution in [0, 0.1) is 0 Å². The summed E-state index contributed by atoms with van der Waals surface area (Å²) in [6.07, 6.45) is 0.850. The van der Waals surface area contributed by atoms with Crippen molar-refractivity contribution in [3.63, 3.8) is 0 Å². The van der Waals surface area contributed by atoms with Crippen LogP contribution in [-0.4, -0.2) is 44.1 Å². The van der Waals surface area contributed by atoms with Gasteiger partial charge in [0.15, 0.2) is 0 Å². The number of nitrogens with two attached hydrogens (primary N) is 1. The Labute approximate surface area is 146 Å². The van der Waals surface area contributed by atoms with Gasteiger partial charge in [-0.3, -0.25) is 0 Å². The van der Waals surface area contributed by atoms with Crippen LogP contribution in [0.25, 0.3) is 21.9 Å². The molecule has 3 heterocycles. The quantitative estimate of drug-likeness (QED) is 0.591. The van der Waals surface area contributed by atoms with Gasteiger partial charge in [-0.25, -0.2) is 14.8 Å². The third-order valence-corrected chi connectivity index (χ3v) is 5.01. The lowest BCUT2D eigenvalue weighted by atomic mass is 9.98. The van der Waals surface area contributed by atoms with Crippen molar-refractivity contribution in [3.8, 4) is 0 Å². The van der Waals surface area contributed by atoms with E-state index in [4.69, 9.17) is 10.7 Å².